The van der Waals surface area contributed by atoms with Gasteiger partial charge in [0.15, 0.2) is 8.11 Å². The highest BCUT2D eigenvalue weighted by Gasteiger charge is 2.08. The second-order valence-corrected chi connectivity index (χ2v) is 7.16. The van der Waals surface area contributed by atoms with Crippen LogP contribution in [0.5, 0.6) is 0 Å². The van der Waals surface area contributed by atoms with Gasteiger partial charge in [0.1, 0.15) is 0 Å². The molecule has 3 heteroatoms. The monoisotopic (exact) mass is 232 g/mol. The van der Waals surface area contributed by atoms with Crippen LogP contribution in [-0.4, -0.2) is 8.11 Å². The van der Waals surface area contributed by atoms with Crippen LogP contribution < -0.4 is 5.19 Å². The Kier molecular flexibility index (Phi) is 4.85. The van der Waals surface area contributed by atoms with Gasteiger partial charge in [0.05, 0.1) is 0 Å². The van der Waals surface area contributed by atoms with Crippen LogP contribution in [0.4, 0.5) is 0 Å². The molecule has 0 saturated carbocycles. The molecule has 0 radical (unpaired) electrons. The van der Waals surface area contributed by atoms with Gasteiger partial charge in [0, 0.05) is 5.88 Å². The Morgan fingerprint density at radius 1 is 1.38 bits per heavy atom. The van der Waals surface area contributed by atoms with Crippen LogP contribution in [0.3, 0.4) is 0 Å². The van der Waals surface area contributed by atoms with Gasteiger partial charge in [-0.3, -0.25) is 0 Å². The zero-order valence-corrected chi connectivity index (χ0v) is 10.4. The molecule has 1 atom stereocenters. The van der Waals surface area contributed by atoms with Crippen LogP contribution in [0.15, 0.2) is 24.3 Å². The summed E-state index contributed by atoms with van der Waals surface area (Å²) < 4.78 is 0. The lowest BCUT2D eigenvalue weighted by Gasteiger charge is -2.07. The van der Waals surface area contributed by atoms with Crippen LogP contribution in [0.1, 0.15) is 18.9 Å². The molecule has 0 heterocycles. The lowest BCUT2D eigenvalue weighted by molar-refractivity contribution is 1.07. The average Bonchev–Trinajstić information content (AvgIpc) is 2.18. The van der Waals surface area contributed by atoms with E-state index in [1.165, 1.54) is 17.2 Å². The van der Waals surface area contributed by atoms with Crippen LogP contribution in [0.25, 0.3) is 0 Å². The molecule has 0 spiro atoms. The topological polar surface area (TPSA) is 0 Å². The molecule has 0 bridgehead atoms. The first-order valence-corrected chi connectivity index (χ1v) is 8.24. The third-order valence-electron chi connectivity index (χ3n) is 2.01. The molecule has 0 aliphatic heterocycles. The standard InChI is InChI=1S/C10H14Cl2Si/c1-2-6-13(12)10-5-3-4-9(7-10)8-11/h3-5,7,13H,2,6,8H2,1H3. The summed E-state index contributed by atoms with van der Waals surface area (Å²) in [5.41, 5.74) is 1.17. The van der Waals surface area contributed by atoms with Gasteiger partial charge in [0.2, 0.25) is 0 Å². The third-order valence-corrected chi connectivity index (χ3v) is 5.90. The first-order chi connectivity index (χ1) is 6.27. The highest BCUT2D eigenvalue weighted by molar-refractivity contribution is 7.14. The van der Waals surface area contributed by atoms with Crippen molar-refractivity contribution in [2.24, 2.45) is 0 Å². The van der Waals surface area contributed by atoms with E-state index in [2.05, 4.69) is 19.1 Å². The van der Waals surface area contributed by atoms with Gasteiger partial charge >= 0.3 is 0 Å². The molecule has 0 fully saturated rings. The molecule has 0 N–H and O–H groups in total. The molecular weight excluding hydrogens is 219 g/mol. The zero-order valence-electron chi connectivity index (χ0n) is 7.76. The van der Waals surface area contributed by atoms with E-state index in [0.717, 1.165) is 6.04 Å². The van der Waals surface area contributed by atoms with Crippen molar-refractivity contribution in [3.05, 3.63) is 29.8 Å². The van der Waals surface area contributed by atoms with E-state index in [1.807, 2.05) is 12.1 Å². The summed E-state index contributed by atoms with van der Waals surface area (Å²) in [5, 5.41) is 1.32. The molecule has 0 amide bonds. The van der Waals surface area contributed by atoms with Gasteiger partial charge < -0.3 is 0 Å². The lowest BCUT2D eigenvalue weighted by Crippen LogP contribution is -2.23. The third kappa shape index (κ3) is 3.33. The first-order valence-electron chi connectivity index (χ1n) is 4.56. The molecule has 0 aromatic heterocycles. The summed E-state index contributed by atoms with van der Waals surface area (Å²) >= 11 is 12.1. The normalized spacial score (nSPS) is 12.8. The quantitative estimate of drug-likeness (QED) is 0.426. The van der Waals surface area contributed by atoms with Crippen LogP contribution in [0, 0.1) is 0 Å². The van der Waals surface area contributed by atoms with Crippen LogP contribution >= 0.6 is 22.7 Å². The van der Waals surface area contributed by atoms with Gasteiger partial charge in [-0.1, -0.05) is 37.6 Å². The van der Waals surface area contributed by atoms with Gasteiger partial charge in [0.25, 0.3) is 0 Å². The van der Waals surface area contributed by atoms with E-state index in [9.17, 15) is 0 Å². The van der Waals surface area contributed by atoms with Crippen molar-refractivity contribution in [1.29, 1.82) is 0 Å². The van der Waals surface area contributed by atoms with Crippen molar-refractivity contribution < 1.29 is 0 Å². The summed E-state index contributed by atoms with van der Waals surface area (Å²) in [7, 11) is -1.19. The highest BCUT2D eigenvalue weighted by atomic mass is 35.6. The maximum Gasteiger partial charge on any atom is 0.171 e. The van der Waals surface area contributed by atoms with E-state index < -0.39 is 8.11 Å². The van der Waals surface area contributed by atoms with Crippen molar-refractivity contribution in [2.45, 2.75) is 25.3 Å². The number of rotatable bonds is 4. The van der Waals surface area contributed by atoms with E-state index in [4.69, 9.17) is 22.7 Å². The minimum Gasteiger partial charge on any atom is -0.166 e. The van der Waals surface area contributed by atoms with Crippen molar-refractivity contribution in [3.8, 4) is 0 Å². The van der Waals surface area contributed by atoms with Gasteiger partial charge in [-0.15, -0.1) is 11.6 Å². The van der Waals surface area contributed by atoms with Crippen molar-refractivity contribution >= 4 is 36.0 Å². The molecule has 1 aromatic rings. The van der Waals surface area contributed by atoms with Crippen molar-refractivity contribution in [1.82, 2.24) is 0 Å². The molecule has 72 valence electrons. The highest BCUT2D eigenvalue weighted by Crippen LogP contribution is 2.06. The number of hydrogen-bond acceptors (Lipinski definition) is 0. The van der Waals surface area contributed by atoms with Gasteiger partial charge in [-0.05, 0) is 16.8 Å². The van der Waals surface area contributed by atoms with E-state index in [0.29, 0.717) is 5.88 Å². The predicted molar refractivity (Wildman–Crippen MR) is 63.7 cm³/mol. The molecule has 0 aliphatic rings. The van der Waals surface area contributed by atoms with Crippen molar-refractivity contribution in [2.75, 3.05) is 0 Å². The first kappa shape index (κ1) is 11.1. The van der Waals surface area contributed by atoms with E-state index in [-0.39, 0.29) is 0 Å². The number of benzene rings is 1. The second-order valence-electron chi connectivity index (χ2n) is 3.13. The molecule has 1 unspecified atom stereocenters. The zero-order chi connectivity index (χ0) is 9.68. The number of hydrogen-bond donors (Lipinski definition) is 0. The fraction of sp³-hybridized carbons (Fsp3) is 0.400. The fourth-order valence-electron chi connectivity index (χ4n) is 1.29. The molecule has 1 rings (SSSR count). The summed E-state index contributed by atoms with van der Waals surface area (Å²) in [6, 6.07) is 9.51. The predicted octanol–water partition coefficient (Wildman–Crippen LogP) is 3.01. The second kappa shape index (κ2) is 5.69. The largest absolute Gasteiger partial charge is 0.171 e. The molecule has 1 aromatic carbocycles. The van der Waals surface area contributed by atoms with E-state index in [1.54, 1.807) is 0 Å². The Morgan fingerprint density at radius 2 is 2.15 bits per heavy atom. The molecule has 0 aliphatic carbocycles. The van der Waals surface area contributed by atoms with Crippen molar-refractivity contribution in [3.63, 3.8) is 0 Å². The summed E-state index contributed by atoms with van der Waals surface area (Å²) in [4.78, 5) is 0. The Morgan fingerprint density at radius 3 is 2.77 bits per heavy atom. The number of alkyl halides is 1. The minimum absolute atomic E-state index is 0.581. The Bertz CT molecular complexity index is 263. The van der Waals surface area contributed by atoms with E-state index >= 15 is 0 Å². The van der Waals surface area contributed by atoms with Gasteiger partial charge in [-0.2, -0.15) is 11.1 Å². The molecule has 0 saturated heterocycles. The van der Waals surface area contributed by atoms with Crippen LogP contribution in [-0.2, 0) is 5.88 Å². The lowest BCUT2D eigenvalue weighted by atomic mass is 10.2. The Hall–Kier alpha value is 0.0169. The average molecular weight is 233 g/mol. The van der Waals surface area contributed by atoms with Gasteiger partial charge in [-0.25, -0.2) is 0 Å². The fourth-order valence-corrected chi connectivity index (χ4v) is 4.07. The molecule has 0 nitrogen and oxygen atoms in total. The smallest absolute Gasteiger partial charge is 0.166 e. The Labute approximate surface area is 91.2 Å². The molecular formula is C10H14Cl2Si. The minimum atomic E-state index is -1.19. The van der Waals surface area contributed by atoms with Crippen LogP contribution in [0.2, 0.25) is 6.04 Å². The summed E-state index contributed by atoms with van der Waals surface area (Å²) in [6.45, 7) is 2.17. The maximum atomic E-state index is 6.33. The summed E-state index contributed by atoms with van der Waals surface area (Å²) in [5.74, 6) is 0.581. The number of halogens is 2. The molecule has 13 heavy (non-hydrogen) atoms. The SMILES string of the molecule is CCC[SiH](Cl)c1cccc(CCl)c1. The Balaban J connectivity index is 2.75. The maximum absolute atomic E-state index is 6.33. The summed E-state index contributed by atoms with van der Waals surface area (Å²) in [6.07, 6.45) is 1.17.